The molecule has 0 aliphatic rings. The fraction of sp³-hybridized carbons (Fsp3) is 0.750. The molecule has 0 atom stereocenters. The minimum atomic E-state index is -0.839. The Kier molecular flexibility index (Phi) is 18.0. The molecule has 7 nitrogen and oxygen atoms in total. The van der Waals surface area contributed by atoms with Crippen molar-refractivity contribution in [2.24, 2.45) is 22.1 Å². The fourth-order valence-electron chi connectivity index (χ4n) is 0.295. The van der Waals surface area contributed by atoms with Crippen molar-refractivity contribution in [3.63, 3.8) is 0 Å². The molecule has 0 bridgehead atoms. The zero-order valence-electron chi connectivity index (χ0n) is 15.5. The Balaban J connectivity index is -0.000000137. The molecule has 0 aromatic carbocycles. The van der Waals surface area contributed by atoms with Gasteiger partial charge in [-0.3, -0.25) is 0 Å². The van der Waals surface area contributed by atoms with Gasteiger partial charge in [-0.1, -0.05) is 0 Å². The molecule has 0 heterocycles. The van der Waals surface area contributed by atoms with E-state index in [1.807, 2.05) is 52.0 Å². The van der Waals surface area contributed by atoms with E-state index in [0.29, 0.717) is 0 Å². The molecule has 0 spiro atoms. The second-order valence-corrected chi connectivity index (χ2v) is 6.11. The summed E-state index contributed by atoms with van der Waals surface area (Å²) in [6.07, 6.45) is 0. The third kappa shape index (κ3) is 28.4. The van der Waals surface area contributed by atoms with Crippen LogP contribution in [0, 0.1) is 57.2 Å². The van der Waals surface area contributed by atoms with Crippen molar-refractivity contribution in [2.75, 3.05) is 0 Å². The first kappa shape index (κ1) is 28.6. The second kappa shape index (κ2) is 14.5. The third-order valence-corrected chi connectivity index (χ3v) is 1.61. The molecule has 0 aromatic heterocycles. The maximum atomic E-state index is 8.58. The Morgan fingerprint density at radius 2 is 0.826 bits per heavy atom. The van der Waals surface area contributed by atoms with Gasteiger partial charge in [-0.15, -0.1) is 0 Å². The zero-order valence-corrected chi connectivity index (χ0v) is 15.5. The predicted molar refractivity (Wildman–Crippen MR) is 90.2 cm³/mol. The highest BCUT2D eigenvalue weighted by Crippen LogP contribution is 2.13. The van der Waals surface area contributed by atoms with E-state index in [0.717, 1.165) is 0 Å². The van der Waals surface area contributed by atoms with Crippen LogP contribution >= 0.6 is 0 Å². The lowest BCUT2D eigenvalue weighted by Gasteiger charge is -2.11. The van der Waals surface area contributed by atoms with E-state index in [4.69, 9.17) is 21.0 Å². The molecule has 0 unspecified atom stereocenters. The molecule has 0 saturated carbocycles. The van der Waals surface area contributed by atoms with Gasteiger partial charge in [0.15, 0.2) is 11.1 Å². The van der Waals surface area contributed by atoms with E-state index < -0.39 is 11.1 Å². The first-order chi connectivity index (χ1) is 9.87. The maximum Gasteiger partial charge on any atom is 0.162 e. The highest BCUT2D eigenvalue weighted by atomic mass is 15.2. The van der Waals surface area contributed by atoms with Gasteiger partial charge in [0.05, 0.1) is 24.3 Å². The molecule has 0 fully saturated rings. The van der Waals surface area contributed by atoms with Crippen LogP contribution in [0.15, 0.2) is 10.2 Å². The van der Waals surface area contributed by atoms with Gasteiger partial charge >= 0.3 is 0 Å². The van der Waals surface area contributed by atoms with Gasteiger partial charge in [0.1, 0.15) is 0 Å². The van der Waals surface area contributed by atoms with E-state index in [1.54, 1.807) is 27.7 Å². The molecule has 0 rings (SSSR count). The standard InChI is InChI=1S/C8H12N4.2C4H7N.H3N/c1-7(2,5-9)11-12-8(3,4)6-10;2*1-4(2)3-5;/h1-4H3;2*4H,1-2H3;1H3. The van der Waals surface area contributed by atoms with Crippen LogP contribution in [0.5, 0.6) is 0 Å². The average molecular weight is 319 g/mol. The van der Waals surface area contributed by atoms with Crippen LogP contribution in [0.2, 0.25) is 0 Å². The van der Waals surface area contributed by atoms with E-state index >= 15 is 0 Å². The summed E-state index contributed by atoms with van der Waals surface area (Å²) in [7, 11) is 0. The van der Waals surface area contributed by atoms with Crippen LogP contribution in [0.1, 0.15) is 55.4 Å². The lowest BCUT2D eigenvalue weighted by Crippen LogP contribution is -2.17. The molecule has 3 N–H and O–H groups in total. The molecule has 0 radical (unpaired) electrons. The summed E-state index contributed by atoms with van der Waals surface area (Å²) in [6.45, 7) is 14.0. The second-order valence-electron chi connectivity index (χ2n) is 6.11. The van der Waals surface area contributed by atoms with Crippen molar-refractivity contribution in [1.82, 2.24) is 6.15 Å². The minimum absolute atomic E-state index is 0. The van der Waals surface area contributed by atoms with Gasteiger partial charge in [0.2, 0.25) is 0 Å². The molecule has 0 aromatic rings. The number of nitrogens with zero attached hydrogens (tertiary/aromatic N) is 6. The molecule has 128 valence electrons. The Morgan fingerprint density at radius 3 is 0.913 bits per heavy atom. The first-order valence-electron chi connectivity index (χ1n) is 6.93. The van der Waals surface area contributed by atoms with E-state index in [-0.39, 0.29) is 18.0 Å². The number of rotatable bonds is 2. The molecule has 7 heteroatoms. The van der Waals surface area contributed by atoms with Crippen LogP contribution in [-0.4, -0.2) is 11.1 Å². The third-order valence-electron chi connectivity index (χ3n) is 1.61. The molecule has 0 saturated heterocycles. The highest BCUT2D eigenvalue weighted by molar-refractivity contribution is 5.03. The molecule has 0 aliphatic carbocycles. The summed E-state index contributed by atoms with van der Waals surface area (Å²) >= 11 is 0. The Labute approximate surface area is 140 Å². The Morgan fingerprint density at radius 1 is 0.652 bits per heavy atom. The van der Waals surface area contributed by atoms with Crippen LogP contribution in [-0.2, 0) is 0 Å². The molecule has 0 aliphatic heterocycles. The number of hydrogen-bond acceptors (Lipinski definition) is 7. The van der Waals surface area contributed by atoms with Gasteiger partial charge in [-0.2, -0.15) is 31.3 Å². The topological polar surface area (TPSA) is 155 Å². The smallest absolute Gasteiger partial charge is 0.162 e. The van der Waals surface area contributed by atoms with Crippen molar-refractivity contribution >= 4 is 0 Å². The summed E-state index contributed by atoms with van der Waals surface area (Å²) in [5.74, 6) is 0.380. The summed E-state index contributed by atoms with van der Waals surface area (Å²) in [6, 6.07) is 7.99. The van der Waals surface area contributed by atoms with E-state index in [2.05, 4.69) is 10.2 Å². The van der Waals surface area contributed by atoms with Gasteiger partial charge in [0, 0.05) is 11.8 Å². The quantitative estimate of drug-likeness (QED) is 0.739. The fourth-order valence-corrected chi connectivity index (χ4v) is 0.295. The van der Waals surface area contributed by atoms with Crippen molar-refractivity contribution in [2.45, 2.75) is 66.5 Å². The number of azo groups is 1. The molecule has 23 heavy (non-hydrogen) atoms. The summed E-state index contributed by atoms with van der Waals surface area (Å²) < 4.78 is 0. The summed E-state index contributed by atoms with van der Waals surface area (Å²) in [5.41, 5.74) is -1.68. The first-order valence-corrected chi connectivity index (χ1v) is 6.93. The normalized spacial score (nSPS) is 9.83. The summed E-state index contributed by atoms with van der Waals surface area (Å²) in [4.78, 5) is 0. The van der Waals surface area contributed by atoms with Gasteiger partial charge < -0.3 is 6.15 Å². The monoisotopic (exact) mass is 319 g/mol. The maximum absolute atomic E-state index is 8.58. The van der Waals surface area contributed by atoms with E-state index in [9.17, 15) is 0 Å². The molecular weight excluding hydrogens is 290 g/mol. The number of hydrogen-bond donors (Lipinski definition) is 1. The van der Waals surface area contributed by atoms with Gasteiger partial charge in [0.25, 0.3) is 0 Å². The van der Waals surface area contributed by atoms with Crippen molar-refractivity contribution in [3.05, 3.63) is 0 Å². The van der Waals surface area contributed by atoms with Crippen LogP contribution in [0.4, 0.5) is 0 Å². The summed E-state index contributed by atoms with van der Waals surface area (Å²) in [5, 5.41) is 40.5. The van der Waals surface area contributed by atoms with Gasteiger partial charge in [-0.05, 0) is 55.4 Å². The van der Waals surface area contributed by atoms with Gasteiger partial charge in [-0.25, -0.2) is 0 Å². The average Bonchev–Trinajstić information content (AvgIpc) is 2.46. The lowest BCUT2D eigenvalue weighted by atomic mass is 10.1. The zero-order chi connectivity index (χ0) is 18.4. The molecular formula is C16H29N7. The van der Waals surface area contributed by atoms with E-state index in [1.165, 1.54) is 0 Å². The Bertz CT molecular complexity index is 442. The predicted octanol–water partition coefficient (Wildman–Crippen LogP) is 4.54. The minimum Gasteiger partial charge on any atom is -0.344 e. The Hall–Kier alpha value is -2.48. The van der Waals surface area contributed by atoms with Crippen molar-refractivity contribution in [3.8, 4) is 24.3 Å². The highest BCUT2D eigenvalue weighted by Gasteiger charge is 2.19. The number of nitriles is 4. The SMILES string of the molecule is CC(C)(C#N)N=NC(C)(C)C#N.CC(C)C#N.CC(C)C#N.N. The largest absolute Gasteiger partial charge is 0.344 e. The van der Waals surface area contributed by atoms with Crippen LogP contribution < -0.4 is 6.15 Å². The van der Waals surface area contributed by atoms with Crippen molar-refractivity contribution < 1.29 is 0 Å². The lowest BCUT2D eigenvalue weighted by molar-refractivity contribution is 0.541. The molecule has 0 amide bonds. The van der Waals surface area contributed by atoms with Crippen molar-refractivity contribution in [1.29, 1.82) is 21.0 Å². The van der Waals surface area contributed by atoms with Crippen LogP contribution in [0.25, 0.3) is 0 Å². The van der Waals surface area contributed by atoms with Crippen LogP contribution in [0.3, 0.4) is 0 Å².